The molecule has 0 atom stereocenters. The van der Waals surface area contributed by atoms with E-state index in [0.717, 1.165) is 6.07 Å². The quantitative estimate of drug-likeness (QED) is 0.580. The van der Waals surface area contributed by atoms with Crippen LogP contribution in [0.1, 0.15) is 50.9 Å². The fraction of sp³-hybridized carbons (Fsp3) is 0.480. The molecule has 0 spiro atoms. The highest BCUT2D eigenvalue weighted by Gasteiger charge is 2.36. The van der Waals surface area contributed by atoms with Crippen LogP contribution >= 0.6 is 0 Å². The zero-order chi connectivity index (χ0) is 26.0. The largest absolute Gasteiger partial charge is 0.493 e. The smallest absolute Gasteiger partial charge is 0.419 e. The minimum atomic E-state index is -4.64. The van der Waals surface area contributed by atoms with Crippen LogP contribution in [-0.2, 0) is 17.3 Å². The fourth-order valence-electron chi connectivity index (χ4n) is 3.73. The van der Waals surface area contributed by atoms with E-state index in [2.05, 4.69) is 4.98 Å². The number of hydrogen-bond donors (Lipinski definition) is 1. The van der Waals surface area contributed by atoms with E-state index >= 15 is 0 Å². The SMILES string of the molecule is CCc1cc(-c2ccc(OCCC3CN(C(=O)OC(C)(C)C)C3)c(C(F)(F)F)c2)nc(C#N)c1N. The molecule has 1 aliphatic heterocycles. The predicted octanol–water partition coefficient (Wildman–Crippen LogP) is 5.42. The molecule has 2 N–H and O–H groups in total. The van der Waals surface area contributed by atoms with E-state index in [0.29, 0.717) is 31.5 Å². The zero-order valence-corrected chi connectivity index (χ0v) is 20.2. The van der Waals surface area contributed by atoms with Crippen molar-refractivity contribution in [2.45, 2.75) is 52.3 Å². The predicted molar refractivity (Wildman–Crippen MR) is 125 cm³/mol. The molecular formula is C25H29F3N4O3. The maximum Gasteiger partial charge on any atom is 0.419 e. The molecule has 1 saturated heterocycles. The van der Waals surface area contributed by atoms with Crippen LogP contribution in [0.15, 0.2) is 24.3 Å². The number of anilines is 1. The summed E-state index contributed by atoms with van der Waals surface area (Å²) in [5, 5.41) is 9.28. The summed E-state index contributed by atoms with van der Waals surface area (Å²) in [6.07, 6.45) is -4.03. The summed E-state index contributed by atoms with van der Waals surface area (Å²) in [6.45, 7) is 8.23. The summed E-state index contributed by atoms with van der Waals surface area (Å²) in [5.41, 5.74) is 5.71. The molecule has 3 rings (SSSR count). The van der Waals surface area contributed by atoms with Crippen molar-refractivity contribution in [1.82, 2.24) is 9.88 Å². The molecule has 2 heterocycles. The van der Waals surface area contributed by atoms with Gasteiger partial charge in [-0.2, -0.15) is 18.4 Å². The van der Waals surface area contributed by atoms with E-state index in [1.54, 1.807) is 31.7 Å². The van der Waals surface area contributed by atoms with Gasteiger partial charge in [-0.25, -0.2) is 9.78 Å². The summed E-state index contributed by atoms with van der Waals surface area (Å²) in [6, 6.07) is 7.21. The Morgan fingerprint density at radius 1 is 1.26 bits per heavy atom. The van der Waals surface area contributed by atoms with Crippen LogP contribution in [0.25, 0.3) is 11.3 Å². The number of benzene rings is 1. The molecule has 2 aromatic rings. The van der Waals surface area contributed by atoms with Gasteiger partial charge in [-0.15, -0.1) is 0 Å². The summed E-state index contributed by atoms with van der Waals surface area (Å²) < 4.78 is 52.2. The van der Waals surface area contributed by atoms with E-state index in [4.69, 9.17) is 15.2 Å². The van der Waals surface area contributed by atoms with Crippen molar-refractivity contribution in [3.05, 3.63) is 41.1 Å². The van der Waals surface area contributed by atoms with Gasteiger partial charge in [0.15, 0.2) is 5.69 Å². The molecule has 0 bridgehead atoms. The minimum Gasteiger partial charge on any atom is -0.493 e. The standard InChI is InChI=1S/C25H29F3N4O3/c1-5-16-11-19(31-20(12-29)22(16)30)17-6-7-21(18(10-17)25(26,27)28)34-9-8-15-13-32(14-15)23(33)35-24(2,3)4/h6-7,10-11,15H,5,8-9,13-14,30H2,1-4H3. The average Bonchev–Trinajstić information content (AvgIpc) is 2.73. The Labute approximate surface area is 202 Å². The highest BCUT2D eigenvalue weighted by Crippen LogP contribution is 2.39. The number of carbonyl (C=O) groups excluding carboxylic acids is 1. The molecule has 1 amide bonds. The van der Waals surface area contributed by atoms with Crippen molar-refractivity contribution in [2.75, 3.05) is 25.4 Å². The summed E-state index contributed by atoms with van der Waals surface area (Å²) in [4.78, 5) is 17.7. The fourth-order valence-corrected chi connectivity index (χ4v) is 3.73. The zero-order valence-electron chi connectivity index (χ0n) is 20.2. The lowest BCUT2D eigenvalue weighted by atomic mass is 9.97. The third-order valence-corrected chi connectivity index (χ3v) is 5.60. The number of hydrogen-bond acceptors (Lipinski definition) is 6. The molecule has 0 aliphatic carbocycles. The number of rotatable bonds is 6. The molecule has 0 radical (unpaired) electrons. The minimum absolute atomic E-state index is 0.0193. The van der Waals surface area contributed by atoms with Crippen LogP contribution in [0.5, 0.6) is 5.75 Å². The second-order valence-corrected chi connectivity index (χ2v) is 9.49. The van der Waals surface area contributed by atoms with Crippen LogP contribution in [0.3, 0.4) is 0 Å². The number of nitriles is 1. The number of carbonyl (C=O) groups is 1. The van der Waals surface area contributed by atoms with E-state index < -0.39 is 23.4 Å². The Bertz CT molecular complexity index is 1130. The number of ether oxygens (including phenoxy) is 2. The van der Waals surface area contributed by atoms with Crippen LogP contribution in [-0.4, -0.2) is 41.3 Å². The first-order chi connectivity index (χ1) is 16.3. The lowest BCUT2D eigenvalue weighted by molar-refractivity contribution is -0.139. The van der Waals surface area contributed by atoms with E-state index in [-0.39, 0.29) is 40.9 Å². The van der Waals surface area contributed by atoms with Gasteiger partial charge in [0, 0.05) is 18.7 Å². The Morgan fingerprint density at radius 2 is 1.94 bits per heavy atom. The number of halogens is 3. The van der Waals surface area contributed by atoms with Gasteiger partial charge in [-0.3, -0.25) is 0 Å². The molecule has 35 heavy (non-hydrogen) atoms. The molecule has 1 aromatic carbocycles. The van der Waals surface area contributed by atoms with Crippen LogP contribution in [0, 0.1) is 17.2 Å². The van der Waals surface area contributed by atoms with Gasteiger partial charge >= 0.3 is 12.3 Å². The molecule has 1 aromatic heterocycles. The van der Waals surface area contributed by atoms with Crippen molar-refractivity contribution >= 4 is 11.8 Å². The maximum atomic E-state index is 13.8. The van der Waals surface area contributed by atoms with Gasteiger partial charge in [0.2, 0.25) is 0 Å². The number of nitrogen functional groups attached to an aromatic ring is 1. The maximum absolute atomic E-state index is 13.8. The van der Waals surface area contributed by atoms with Crippen LogP contribution in [0.4, 0.5) is 23.7 Å². The van der Waals surface area contributed by atoms with Crippen molar-refractivity contribution in [3.8, 4) is 23.1 Å². The first-order valence-electron chi connectivity index (χ1n) is 11.3. The first-order valence-corrected chi connectivity index (χ1v) is 11.3. The number of nitrogens with two attached hydrogens (primary N) is 1. The number of nitrogens with zero attached hydrogens (tertiary/aromatic N) is 3. The number of pyridine rings is 1. The number of likely N-dealkylation sites (tertiary alicyclic amines) is 1. The first kappa shape index (κ1) is 26.1. The Balaban J connectivity index is 1.69. The van der Waals surface area contributed by atoms with Crippen molar-refractivity contribution < 1.29 is 27.4 Å². The molecule has 188 valence electrons. The number of aryl methyl sites for hydroxylation is 1. The van der Waals surface area contributed by atoms with Gasteiger partial charge in [0.25, 0.3) is 0 Å². The van der Waals surface area contributed by atoms with Crippen LogP contribution in [0.2, 0.25) is 0 Å². The lowest BCUT2D eigenvalue weighted by Crippen LogP contribution is -2.51. The van der Waals surface area contributed by atoms with Gasteiger partial charge in [-0.05, 0) is 69.4 Å². The summed E-state index contributed by atoms with van der Waals surface area (Å²) >= 11 is 0. The van der Waals surface area contributed by atoms with Gasteiger partial charge in [0.1, 0.15) is 17.4 Å². The van der Waals surface area contributed by atoms with Gasteiger partial charge in [0.05, 0.1) is 23.6 Å². The second-order valence-electron chi connectivity index (χ2n) is 9.49. The Morgan fingerprint density at radius 3 is 2.51 bits per heavy atom. The monoisotopic (exact) mass is 490 g/mol. The van der Waals surface area contributed by atoms with Crippen molar-refractivity contribution in [2.24, 2.45) is 5.92 Å². The number of aromatic nitrogens is 1. The summed E-state index contributed by atoms with van der Waals surface area (Å²) in [7, 11) is 0. The normalized spacial score (nSPS) is 14.3. The Kier molecular flexibility index (Phi) is 7.48. The second kappa shape index (κ2) is 10.0. The van der Waals surface area contributed by atoms with Gasteiger partial charge in [-0.1, -0.05) is 6.92 Å². The average molecular weight is 491 g/mol. The van der Waals surface area contributed by atoms with E-state index in [9.17, 15) is 23.2 Å². The topological polar surface area (TPSA) is 101 Å². The molecule has 0 saturated carbocycles. The van der Waals surface area contributed by atoms with Crippen LogP contribution < -0.4 is 10.5 Å². The highest BCUT2D eigenvalue weighted by atomic mass is 19.4. The van der Waals surface area contributed by atoms with Crippen molar-refractivity contribution in [3.63, 3.8) is 0 Å². The van der Waals surface area contributed by atoms with E-state index in [1.165, 1.54) is 12.1 Å². The Hall–Kier alpha value is -3.48. The summed E-state index contributed by atoms with van der Waals surface area (Å²) in [5.74, 6) is -0.150. The molecule has 7 nitrogen and oxygen atoms in total. The van der Waals surface area contributed by atoms with Crippen molar-refractivity contribution in [1.29, 1.82) is 5.26 Å². The number of amides is 1. The highest BCUT2D eigenvalue weighted by molar-refractivity contribution is 5.69. The third kappa shape index (κ3) is 6.35. The third-order valence-electron chi connectivity index (χ3n) is 5.60. The molecule has 0 unspecified atom stereocenters. The molecular weight excluding hydrogens is 461 g/mol. The van der Waals surface area contributed by atoms with E-state index in [1.807, 2.05) is 13.0 Å². The van der Waals surface area contributed by atoms with Gasteiger partial charge < -0.3 is 20.1 Å². The molecule has 1 fully saturated rings. The molecule has 1 aliphatic rings. The lowest BCUT2D eigenvalue weighted by Gasteiger charge is -2.39. The number of alkyl halides is 3. The molecule has 10 heteroatoms.